The lowest BCUT2D eigenvalue weighted by molar-refractivity contribution is 0.433. The summed E-state index contributed by atoms with van der Waals surface area (Å²) in [5.74, 6) is 2.03. The maximum absolute atomic E-state index is 6.31. The van der Waals surface area contributed by atoms with Crippen LogP contribution in [0.1, 0.15) is 55.7 Å². The van der Waals surface area contributed by atoms with Gasteiger partial charge in [0.25, 0.3) is 0 Å². The van der Waals surface area contributed by atoms with Crippen LogP contribution < -0.4 is 15.0 Å². The van der Waals surface area contributed by atoms with Crippen molar-refractivity contribution < 1.29 is 4.74 Å². The highest BCUT2D eigenvalue weighted by Gasteiger charge is 2.36. The Morgan fingerprint density at radius 2 is 1.41 bits per heavy atom. The van der Waals surface area contributed by atoms with Crippen molar-refractivity contribution in [1.82, 2.24) is 4.57 Å². The third-order valence-corrected chi connectivity index (χ3v) is 12.8. The van der Waals surface area contributed by atoms with Gasteiger partial charge in [-0.2, -0.15) is 0 Å². The number of ether oxygens (including phenoxy) is 1. The van der Waals surface area contributed by atoms with E-state index in [0.717, 1.165) is 59.2 Å². The van der Waals surface area contributed by atoms with Gasteiger partial charge in [-0.1, -0.05) is 135 Å². The molecule has 1 N–H and O–H groups in total. The lowest BCUT2D eigenvalue weighted by Gasteiger charge is -2.31. The monoisotopic (exact) mass is 789 g/mol. The largest absolute Gasteiger partial charge is 0.456 e. The van der Waals surface area contributed by atoms with E-state index in [1.54, 1.807) is 0 Å². The normalized spacial score (nSPS) is 16.4. The standard InChI is InChI=1S/C57H47N3O/c1-57(2)49-22-11-9-20-46(49)47-37-36-44(38-50(47)57)59(42-32-28-40(29-33-42)39-16-5-3-6-17-39)53-25-15-26-54-56(53)48-21-10-13-24-52(48)60(54)43-34-30-41(31-35-43)58-51-23-12-14-27-55(51)61-45-18-7-4-8-19-45/h3-11,13-22,24-28,30-38,40,58H,12,23,29H2,1-2H3. The van der Waals surface area contributed by atoms with Crippen LogP contribution in [0.2, 0.25) is 0 Å². The number of rotatable bonds is 9. The molecular weight excluding hydrogens is 743 g/mol. The molecule has 0 amide bonds. The maximum Gasteiger partial charge on any atom is 0.146 e. The van der Waals surface area contributed by atoms with Crippen LogP contribution in [0, 0.1) is 0 Å². The highest BCUT2D eigenvalue weighted by molar-refractivity contribution is 6.16. The van der Waals surface area contributed by atoms with Gasteiger partial charge in [0, 0.05) is 44.9 Å². The van der Waals surface area contributed by atoms with E-state index in [4.69, 9.17) is 4.74 Å². The molecule has 0 aliphatic heterocycles. The number of allylic oxidation sites excluding steroid dienone is 6. The second kappa shape index (κ2) is 15.1. The Morgan fingerprint density at radius 1 is 0.672 bits per heavy atom. The molecule has 8 aromatic rings. The minimum Gasteiger partial charge on any atom is -0.456 e. The van der Waals surface area contributed by atoms with Crippen LogP contribution in [0.5, 0.6) is 5.75 Å². The average Bonchev–Trinajstić information content (AvgIpc) is 3.77. The summed E-state index contributed by atoms with van der Waals surface area (Å²) in [6.07, 6.45) is 14.2. The van der Waals surface area contributed by atoms with Gasteiger partial charge in [0.2, 0.25) is 0 Å². The molecule has 61 heavy (non-hydrogen) atoms. The predicted molar refractivity (Wildman–Crippen MR) is 254 cm³/mol. The lowest BCUT2D eigenvalue weighted by atomic mass is 9.82. The number of aromatic nitrogens is 1. The van der Waals surface area contributed by atoms with Crippen LogP contribution in [-0.4, -0.2) is 4.57 Å². The molecule has 7 aromatic carbocycles. The molecule has 1 heterocycles. The molecule has 4 nitrogen and oxygen atoms in total. The Bertz CT molecular complexity index is 3070. The maximum atomic E-state index is 6.31. The fraction of sp³-hybridized carbons (Fsp3) is 0.123. The number of hydrogen-bond donors (Lipinski definition) is 1. The molecule has 1 aromatic heterocycles. The number of anilines is 3. The van der Waals surface area contributed by atoms with Crippen LogP contribution in [0.4, 0.5) is 17.1 Å². The SMILES string of the molecule is CC1(C)c2ccccc2-c2ccc(N(C3=CCC(c4ccccc4)C=C3)c3cccc4c3c3ccccc3n4-c3ccc(NC4=C(Oc5ccccc5)C=CCC4)cc3)cc21. The molecule has 0 spiro atoms. The van der Waals surface area contributed by atoms with Crippen molar-refractivity contribution in [2.45, 2.75) is 44.4 Å². The predicted octanol–water partition coefficient (Wildman–Crippen LogP) is 14.9. The van der Waals surface area contributed by atoms with E-state index in [1.165, 1.54) is 55.3 Å². The number of nitrogens with zero attached hydrogens (tertiary/aromatic N) is 2. The van der Waals surface area contributed by atoms with Gasteiger partial charge in [-0.05, 0) is 126 Å². The summed E-state index contributed by atoms with van der Waals surface area (Å²) >= 11 is 0. The smallest absolute Gasteiger partial charge is 0.146 e. The summed E-state index contributed by atoms with van der Waals surface area (Å²) in [5.41, 5.74) is 15.7. The third kappa shape index (κ3) is 6.47. The molecule has 3 aliphatic rings. The Hall–Kier alpha value is -7.30. The van der Waals surface area contributed by atoms with Crippen molar-refractivity contribution in [2.75, 3.05) is 10.2 Å². The van der Waals surface area contributed by atoms with E-state index in [-0.39, 0.29) is 5.41 Å². The molecule has 1 unspecified atom stereocenters. The quantitative estimate of drug-likeness (QED) is 0.158. The molecule has 4 heteroatoms. The lowest BCUT2D eigenvalue weighted by Crippen LogP contribution is -2.19. The Labute approximate surface area is 358 Å². The third-order valence-electron chi connectivity index (χ3n) is 12.8. The average molecular weight is 790 g/mol. The zero-order chi connectivity index (χ0) is 40.9. The molecule has 11 rings (SSSR count). The first-order chi connectivity index (χ1) is 30.0. The highest BCUT2D eigenvalue weighted by Crippen LogP contribution is 2.51. The van der Waals surface area contributed by atoms with Gasteiger partial charge >= 0.3 is 0 Å². The first-order valence-electron chi connectivity index (χ1n) is 21.5. The molecular formula is C57H47N3O. The summed E-state index contributed by atoms with van der Waals surface area (Å²) < 4.78 is 8.73. The van der Waals surface area contributed by atoms with Gasteiger partial charge in [-0.25, -0.2) is 0 Å². The van der Waals surface area contributed by atoms with Crippen molar-refractivity contribution in [1.29, 1.82) is 0 Å². The van der Waals surface area contributed by atoms with Gasteiger partial charge in [-0.3, -0.25) is 0 Å². The molecule has 0 saturated carbocycles. The highest BCUT2D eigenvalue weighted by atomic mass is 16.5. The van der Waals surface area contributed by atoms with E-state index in [9.17, 15) is 0 Å². The van der Waals surface area contributed by atoms with Crippen LogP contribution in [0.25, 0.3) is 38.6 Å². The summed E-state index contributed by atoms with van der Waals surface area (Å²) in [6, 6.07) is 61.4. The summed E-state index contributed by atoms with van der Waals surface area (Å²) in [4.78, 5) is 2.50. The van der Waals surface area contributed by atoms with Gasteiger partial charge in [0.05, 0.1) is 22.4 Å². The van der Waals surface area contributed by atoms with Gasteiger partial charge in [0.15, 0.2) is 0 Å². The molecule has 0 bridgehead atoms. The number of hydrogen-bond acceptors (Lipinski definition) is 3. The van der Waals surface area contributed by atoms with Gasteiger partial charge in [0.1, 0.15) is 11.5 Å². The number of fused-ring (bicyclic) bond motifs is 6. The van der Waals surface area contributed by atoms with Crippen molar-refractivity contribution in [3.05, 3.63) is 234 Å². The van der Waals surface area contributed by atoms with E-state index < -0.39 is 0 Å². The number of nitrogens with one attached hydrogen (secondary N) is 1. The van der Waals surface area contributed by atoms with E-state index >= 15 is 0 Å². The summed E-state index contributed by atoms with van der Waals surface area (Å²) in [6.45, 7) is 4.73. The zero-order valence-corrected chi connectivity index (χ0v) is 34.6. The number of benzene rings is 7. The molecule has 0 fully saturated rings. The Balaban J connectivity index is 1.02. The van der Waals surface area contributed by atoms with Crippen LogP contribution in [0.15, 0.2) is 217 Å². The van der Waals surface area contributed by atoms with E-state index in [0.29, 0.717) is 5.92 Å². The fourth-order valence-corrected chi connectivity index (χ4v) is 9.79. The summed E-state index contributed by atoms with van der Waals surface area (Å²) in [7, 11) is 0. The van der Waals surface area contributed by atoms with Crippen LogP contribution >= 0.6 is 0 Å². The van der Waals surface area contributed by atoms with Gasteiger partial charge < -0.3 is 19.5 Å². The molecule has 1 atom stereocenters. The summed E-state index contributed by atoms with van der Waals surface area (Å²) in [5, 5.41) is 6.14. The second-order valence-electron chi connectivity index (χ2n) is 16.9. The number of para-hydroxylation sites is 2. The van der Waals surface area contributed by atoms with Crippen molar-refractivity contribution in [3.63, 3.8) is 0 Å². The Morgan fingerprint density at radius 3 is 2.23 bits per heavy atom. The minimum absolute atomic E-state index is 0.118. The van der Waals surface area contributed by atoms with Crippen molar-refractivity contribution >= 4 is 38.9 Å². The topological polar surface area (TPSA) is 29.4 Å². The molecule has 296 valence electrons. The first kappa shape index (κ1) is 36.8. The second-order valence-corrected chi connectivity index (χ2v) is 16.9. The van der Waals surface area contributed by atoms with E-state index in [2.05, 4.69) is 199 Å². The minimum atomic E-state index is -0.118. The van der Waals surface area contributed by atoms with Crippen molar-refractivity contribution in [3.8, 4) is 22.6 Å². The Kier molecular flexibility index (Phi) is 9.08. The zero-order valence-electron chi connectivity index (χ0n) is 34.6. The molecule has 3 aliphatic carbocycles. The van der Waals surface area contributed by atoms with Gasteiger partial charge in [-0.15, -0.1) is 0 Å². The molecule has 0 radical (unpaired) electrons. The first-order valence-corrected chi connectivity index (χ1v) is 21.5. The van der Waals surface area contributed by atoms with E-state index in [1.807, 2.05) is 30.3 Å². The van der Waals surface area contributed by atoms with Crippen molar-refractivity contribution in [2.24, 2.45) is 0 Å². The van der Waals surface area contributed by atoms with Crippen LogP contribution in [0.3, 0.4) is 0 Å². The van der Waals surface area contributed by atoms with Crippen LogP contribution in [-0.2, 0) is 5.41 Å². The fourth-order valence-electron chi connectivity index (χ4n) is 9.79. The molecule has 0 saturated heterocycles.